The lowest BCUT2D eigenvalue weighted by atomic mass is 10.0. The largest absolute Gasteiger partial charge is 0.494 e. The Balaban J connectivity index is 1.50. The summed E-state index contributed by atoms with van der Waals surface area (Å²) in [6.45, 7) is 1.62. The molecule has 0 bridgehead atoms. The van der Waals surface area contributed by atoms with E-state index >= 15 is 0 Å². The lowest BCUT2D eigenvalue weighted by molar-refractivity contribution is -0.169. The molecule has 0 fully saturated rings. The summed E-state index contributed by atoms with van der Waals surface area (Å²) in [7, 11) is 4.27. The number of halogens is 1. The van der Waals surface area contributed by atoms with Gasteiger partial charge in [0.15, 0.2) is 17.7 Å². The summed E-state index contributed by atoms with van der Waals surface area (Å²) in [5.74, 6) is -0.0571. The molecule has 2 aromatic heterocycles. The van der Waals surface area contributed by atoms with Gasteiger partial charge in [0, 0.05) is 43.4 Å². The van der Waals surface area contributed by atoms with Gasteiger partial charge < -0.3 is 14.1 Å². The number of benzene rings is 1. The van der Waals surface area contributed by atoms with E-state index in [4.69, 9.17) is 14.4 Å². The van der Waals surface area contributed by atoms with Crippen LogP contribution < -0.4 is 10.3 Å². The van der Waals surface area contributed by atoms with Gasteiger partial charge in [0.1, 0.15) is 18.1 Å². The van der Waals surface area contributed by atoms with E-state index in [1.54, 1.807) is 31.3 Å². The number of rotatable bonds is 8. The topological polar surface area (TPSA) is 108 Å². The van der Waals surface area contributed by atoms with Crippen molar-refractivity contribution in [2.75, 3.05) is 21.3 Å². The zero-order valence-electron chi connectivity index (χ0n) is 20.4. The molecular weight excluding hydrogens is 469 g/mol. The maximum Gasteiger partial charge on any atom is 0.265 e. The molecule has 36 heavy (non-hydrogen) atoms. The van der Waals surface area contributed by atoms with Crippen LogP contribution in [0.2, 0.25) is 0 Å². The predicted octanol–water partition coefficient (Wildman–Crippen LogP) is 2.57. The first-order valence-corrected chi connectivity index (χ1v) is 11.2. The van der Waals surface area contributed by atoms with E-state index < -0.39 is 11.9 Å². The molecule has 11 heteroatoms. The number of hydrogen-bond acceptors (Lipinski definition) is 8. The lowest BCUT2D eigenvalue weighted by Gasteiger charge is -2.15. The number of pyridine rings is 1. The van der Waals surface area contributed by atoms with E-state index in [9.17, 15) is 14.0 Å². The number of nitrogens with zero attached hydrogens (tertiary/aromatic N) is 5. The summed E-state index contributed by atoms with van der Waals surface area (Å²) in [4.78, 5) is 43.9. The van der Waals surface area contributed by atoms with Gasteiger partial charge in [-0.1, -0.05) is 11.2 Å². The highest BCUT2D eigenvalue weighted by molar-refractivity contribution is 5.99. The fourth-order valence-electron chi connectivity index (χ4n) is 3.81. The van der Waals surface area contributed by atoms with Gasteiger partial charge in [0.05, 0.1) is 19.9 Å². The first-order chi connectivity index (χ1) is 17.3. The number of carbonyl (C=O) groups is 1. The van der Waals surface area contributed by atoms with Gasteiger partial charge in [-0.05, 0) is 36.8 Å². The lowest BCUT2D eigenvalue weighted by Crippen LogP contribution is -2.33. The minimum absolute atomic E-state index is 0.167. The number of ether oxygens (including phenoxy) is 1. The van der Waals surface area contributed by atoms with E-state index in [0.29, 0.717) is 35.6 Å². The molecule has 0 radical (unpaired) electrons. The molecule has 3 aromatic rings. The fourth-order valence-corrected chi connectivity index (χ4v) is 3.81. The number of hydrogen-bond donors (Lipinski definition) is 0. The van der Waals surface area contributed by atoms with Crippen LogP contribution >= 0.6 is 0 Å². The Morgan fingerprint density at radius 1 is 1.22 bits per heavy atom. The van der Waals surface area contributed by atoms with E-state index in [1.165, 1.54) is 38.0 Å². The Hall–Kier alpha value is -4.12. The van der Waals surface area contributed by atoms with Gasteiger partial charge in [-0.15, -0.1) is 0 Å². The van der Waals surface area contributed by atoms with E-state index in [1.807, 2.05) is 6.07 Å². The van der Waals surface area contributed by atoms with E-state index in [2.05, 4.69) is 15.1 Å². The van der Waals surface area contributed by atoms with Crippen molar-refractivity contribution in [3.8, 4) is 5.75 Å². The summed E-state index contributed by atoms with van der Waals surface area (Å²) in [6.07, 6.45) is 2.03. The van der Waals surface area contributed by atoms with Crippen LogP contribution in [-0.4, -0.2) is 52.5 Å². The smallest absolute Gasteiger partial charge is 0.265 e. The highest BCUT2D eigenvalue weighted by Crippen LogP contribution is 2.29. The number of hydroxylamine groups is 2. The van der Waals surface area contributed by atoms with Crippen molar-refractivity contribution in [1.82, 2.24) is 19.6 Å². The quantitative estimate of drug-likeness (QED) is 0.442. The molecule has 4 rings (SSSR count). The molecule has 10 nitrogen and oxygen atoms in total. The zero-order chi connectivity index (χ0) is 25.8. The third kappa shape index (κ3) is 5.57. The van der Waals surface area contributed by atoms with Crippen LogP contribution in [0.5, 0.6) is 5.75 Å². The number of carbonyl (C=O) groups excluding carboxylic acids is 1. The van der Waals surface area contributed by atoms with Crippen molar-refractivity contribution in [3.63, 3.8) is 0 Å². The maximum absolute atomic E-state index is 13.8. The summed E-state index contributed by atoms with van der Waals surface area (Å²) >= 11 is 0. The molecule has 3 heterocycles. The average molecular weight is 496 g/mol. The van der Waals surface area contributed by atoms with E-state index in [0.717, 1.165) is 16.3 Å². The monoisotopic (exact) mass is 495 g/mol. The van der Waals surface area contributed by atoms with Crippen LogP contribution in [0.1, 0.15) is 40.9 Å². The summed E-state index contributed by atoms with van der Waals surface area (Å²) in [6, 6.07) is 9.57. The highest BCUT2D eigenvalue weighted by atomic mass is 19.1. The number of likely N-dealkylation sites (N-methyl/N-ethyl adjacent to an activating group) is 1. The van der Waals surface area contributed by atoms with Crippen LogP contribution in [0.3, 0.4) is 0 Å². The average Bonchev–Trinajstić information content (AvgIpc) is 3.36. The molecule has 0 N–H and O–H groups in total. The Bertz CT molecular complexity index is 1370. The first-order valence-electron chi connectivity index (χ1n) is 11.2. The minimum Gasteiger partial charge on any atom is -0.494 e. The predicted molar refractivity (Wildman–Crippen MR) is 128 cm³/mol. The molecule has 1 aliphatic heterocycles. The van der Waals surface area contributed by atoms with Crippen LogP contribution in [0.4, 0.5) is 4.39 Å². The van der Waals surface area contributed by atoms with Gasteiger partial charge in [-0.3, -0.25) is 14.4 Å². The Labute approximate surface area is 206 Å². The number of aromatic nitrogens is 3. The third-order valence-corrected chi connectivity index (χ3v) is 5.77. The second-order valence-electron chi connectivity index (χ2n) is 8.28. The van der Waals surface area contributed by atoms with Crippen LogP contribution in [-0.2, 0) is 27.4 Å². The van der Waals surface area contributed by atoms with Crippen LogP contribution in [0.15, 0.2) is 52.5 Å². The highest BCUT2D eigenvalue weighted by Gasteiger charge is 2.26. The molecule has 188 valence electrons. The fraction of sp³-hybridized carbons (Fsp3) is 0.320. The molecule has 0 aliphatic carbocycles. The van der Waals surface area contributed by atoms with Crippen LogP contribution in [0, 0.1) is 12.7 Å². The number of oxime groups is 1. The van der Waals surface area contributed by atoms with Crippen molar-refractivity contribution >= 4 is 11.6 Å². The zero-order valence-corrected chi connectivity index (χ0v) is 20.4. The van der Waals surface area contributed by atoms with Crippen LogP contribution in [0.25, 0.3) is 0 Å². The molecule has 0 spiro atoms. The molecular formula is C25H26FN5O5. The van der Waals surface area contributed by atoms with Gasteiger partial charge in [-0.2, -0.15) is 0 Å². The molecule has 0 saturated heterocycles. The summed E-state index contributed by atoms with van der Waals surface area (Å²) in [5, 5.41) is 5.28. The molecule has 1 amide bonds. The molecule has 0 saturated carbocycles. The second kappa shape index (κ2) is 10.6. The summed E-state index contributed by atoms with van der Waals surface area (Å²) in [5.41, 5.74) is 3.23. The normalized spacial score (nSPS) is 14.8. The van der Waals surface area contributed by atoms with Crippen molar-refractivity contribution in [3.05, 3.63) is 87.1 Å². The molecule has 1 aliphatic rings. The Morgan fingerprint density at radius 2 is 2.03 bits per heavy atom. The van der Waals surface area contributed by atoms with Crippen molar-refractivity contribution in [2.45, 2.75) is 32.4 Å². The Kier molecular flexibility index (Phi) is 7.39. The number of methoxy groups -OCH3 is 1. The minimum atomic E-state index is -0.442. The van der Waals surface area contributed by atoms with E-state index in [-0.39, 0.29) is 23.8 Å². The maximum atomic E-state index is 13.8. The van der Waals surface area contributed by atoms with Gasteiger partial charge in [0.25, 0.3) is 11.5 Å². The Morgan fingerprint density at radius 3 is 2.78 bits per heavy atom. The van der Waals surface area contributed by atoms with Gasteiger partial charge >= 0.3 is 0 Å². The van der Waals surface area contributed by atoms with Gasteiger partial charge in [-0.25, -0.2) is 19.4 Å². The van der Waals surface area contributed by atoms with Crippen molar-refractivity contribution in [2.24, 2.45) is 5.16 Å². The first kappa shape index (κ1) is 25.0. The summed E-state index contributed by atoms with van der Waals surface area (Å²) < 4.78 is 20.1. The number of aryl methyl sites for hydroxylation is 1. The van der Waals surface area contributed by atoms with Gasteiger partial charge in [0.2, 0.25) is 0 Å². The number of amides is 1. The molecule has 1 atom stereocenters. The second-order valence-corrected chi connectivity index (χ2v) is 8.28. The third-order valence-electron chi connectivity index (χ3n) is 5.77. The molecule has 1 aromatic carbocycles. The standard InChI is InChI=1S/C25H26FN5O5/c1-15-27-18(9-16-5-7-19(26)23(10-16)34-3)11-20(28-15)21-12-22(36-29-21)17-6-8-24(32)31(13-17)14-25(33)30(2)35-4/h5-8,10-11,13,22H,9,12,14H2,1-4H3. The van der Waals surface area contributed by atoms with Crippen molar-refractivity contribution in [1.29, 1.82) is 0 Å². The van der Waals surface area contributed by atoms with Crippen molar-refractivity contribution < 1.29 is 23.6 Å². The molecule has 1 unspecified atom stereocenters. The SMILES string of the molecule is COc1cc(Cc2cc(C3=NOC(c4ccc(=O)n(CC(=O)N(C)OC)c4)C3)nc(C)n2)ccc1F.